The Balaban J connectivity index is 1.49. The molecule has 0 aliphatic carbocycles. The average Bonchev–Trinajstić information content (AvgIpc) is 3.20. The van der Waals surface area contributed by atoms with E-state index in [9.17, 15) is 4.79 Å². The molecule has 0 aliphatic heterocycles. The molecule has 3 rings (SSSR count). The maximum Gasteiger partial charge on any atom is 0.317 e. The third-order valence-corrected chi connectivity index (χ3v) is 4.18. The zero-order chi connectivity index (χ0) is 19.1. The highest BCUT2D eigenvalue weighted by atomic mass is 16.5. The first-order chi connectivity index (χ1) is 13.1. The number of methoxy groups -OCH3 is 1. The molecule has 0 aliphatic rings. The Labute approximate surface area is 158 Å². The number of hydrogen-bond donors (Lipinski definition) is 1. The van der Waals surface area contributed by atoms with Crippen molar-refractivity contribution in [2.45, 2.75) is 19.6 Å². The fourth-order valence-electron chi connectivity index (χ4n) is 2.69. The highest BCUT2D eigenvalue weighted by Crippen LogP contribution is 2.14. The van der Waals surface area contributed by atoms with Gasteiger partial charge in [-0.05, 0) is 28.8 Å². The van der Waals surface area contributed by atoms with Crippen LogP contribution >= 0.6 is 0 Å². The number of carbonyl (C=O) groups is 1. The van der Waals surface area contributed by atoms with Crippen LogP contribution in [-0.2, 0) is 19.6 Å². The molecule has 3 aromatic rings. The van der Waals surface area contributed by atoms with E-state index in [4.69, 9.17) is 4.74 Å². The molecular formula is C20H23N5O2. The first kappa shape index (κ1) is 18.4. The van der Waals surface area contributed by atoms with Gasteiger partial charge >= 0.3 is 6.03 Å². The van der Waals surface area contributed by atoms with Crippen LogP contribution in [0.2, 0.25) is 0 Å². The predicted octanol–water partition coefficient (Wildman–Crippen LogP) is 2.68. The van der Waals surface area contributed by atoms with Crippen molar-refractivity contribution < 1.29 is 9.53 Å². The Kier molecular flexibility index (Phi) is 6.04. The number of rotatable bonds is 7. The molecule has 0 spiro atoms. The summed E-state index contributed by atoms with van der Waals surface area (Å²) >= 11 is 0. The van der Waals surface area contributed by atoms with Crippen LogP contribution in [0.5, 0.6) is 5.75 Å². The van der Waals surface area contributed by atoms with E-state index in [-0.39, 0.29) is 6.03 Å². The van der Waals surface area contributed by atoms with E-state index >= 15 is 0 Å². The number of ether oxygens (including phenoxy) is 1. The molecule has 7 nitrogen and oxygen atoms in total. The van der Waals surface area contributed by atoms with Gasteiger partial charge in [0.1, 0.15) is 18.4 Å². The van der Waals surface area contributed by atoms with Crippen LogP contribution in [0.3, 0.4) is 0 Å². The summed E-state index contributed by atoms with van der Waals surface area (Å²) in [5.74, 6) is 0.785. The first-order valence-corrected chi connectivity index (χ1v) is 8.66. The zero-order valence-corrected chi connectivity index (χ0v) is 15.5. The lowest BCUT2D eigenvalue weighted by molar-refractivity contribution is 0.206. The summed E-state index contributed by atoms with van der Waals surface area (Å²) in [5, 5.41) is 7.03. The maximum absolute atomic E-state index is 12.3. The Morgan fingerprint density at radius 2 is 1.93 bits per heavy atom. The lowest BCUT2D eigenvalue weighted by Crippen LogP contribution is -2.36. The molecule has 1 aromatic heterocycles. The highest BCUT2D eigenvalue weighted by Gasteiger charge is 2.09. The largest absolute Gasteiger partial charge is 0.497 e. The third-order valence-electron chi connectivity index (χ3n) is 4.18. The number of carbonyl (C=O) groups excluding carboxylic acids is 1. The second-order valence-corrected chi connectivity index (χ2v) is 6.28. The smallest absolute Gasteiger partial charge is 0.317 e. The van der Waals surface area contributed by atoms with Gasteiger partial charge in [-0.1, -0.05) is 36.4 Å². The van der Waals surface area contributed by atoms with Gasteiger partial charge < -0.3 is 15.0 Å². The molecule has 2 amide bonds. The van der Waals surface area contributed by atoms with Gasteiger partial charge in [0.15, 0.2) is 0 Å². The van der Waals surface area contributed by atoms with Gasteiger partial charge in [0.25, 0.3) is 0 Å². The number of amides is 2. The van der Waals surface area contributed by atoms with E-state index in [1.165, 1.54) is 6.33 Å². The summed E-state index contributed by atoms with van der Waals surface area (Å²) in [5.41, 5.74) is 3.19. The van der Waals surface area contributed by atoms with E-state index in [0.29, 0.717) is 19.6 Å². The quantitative estimate of drug-likeness (QED) is 0.699. The Morgan fingerprint density at radius 1 is 1.15 bits per heavy atom. The van der Waals surface area contributed by atoms with E-state index in [2.05, 4.69) is 15.4 Å². The van der Waals surface area contributed by atoms with E-state index in [1.54, 1.807) is 30.1 Å². The molecule has 0 saturated carbocycles. The van der Waals surface area contributed by atoms with Crippen LogP contribution in [0, 0.1) is 0 Å². The minimum atomic E-state index is -0.121. The minimum absolute atomic E-state index is 0.121. The van der Waals surface area contributed by atoms with Crippen molar-refractivity contribution in [1.82, 2.24) is 25.0 Å². The summed E-state index contributed by atoms with van der Waals surface area (Å²) in [6.07, 6.45) is 3.21. The van der Waals surface area contributed by atoms with Crippen molar-refractivity contribution in [3.8, 4) is 5.75 Å². The molecule has 0 bridgehead atoms. The molecule has 0 radical (unpaired) electrons. The van der Waals surface area contributed by atoms with Crippen LogP contribution in [0.25, 0.3) is 0 Å². The number of aromatic nitrogens is 3. The van der Waals surface area contributed by atoms with Crippen LogP contribution in [-0.4, -0.2) is 39.9 Å². The zero-order valence-electron chi connectivity index (χ0n) is 15.5. The fourth-order valence-corrected chi connectivity index (χ4v) is 2.69. The van der Waals surface area contributed by atoms with Gasteiger partial charge in [0, 0.05) is 20.1 Å². The number of nitrogens with one attached hydrogen (secondary N) is 1. The molecular weight excluding hydrogens is 342 g/mol. The normalized spacial score (nSPS) is 10.4. The Bertz CT molecular complexity index is 862. The molecule has 7 heteroatoms. The predicted molar refractivity (Wildman–Crippen MR) is 102 cm³/mol. The topological polar surface area (TPSA) is 72.3 Å². The maximum atomic E-state index is 12.3. The average molecular weight is 365 g/mol. The molecule has 0 unspecified atom stereocenters. The highest BCUT2D eigenvalue weighted by molar-refractivity contribution is 5.73. The Morgan fingerprint density at radius 3 is 2.63 bits per heavy atom. The minimum Gasteiger partial charge on any atom is -0.497 e. The lowest BCUT2D eigenvalue weighted by atomic mass is 10.1. The molecule has 0 atom stereocenters. The molecule has 0 fully saturated rings. The van der Waals surface area contributed by atoms with Gasteiger partial charge in [0.2, 0.25) is 0 Å². The Hall–Kier alpha value is -3.35. The van der Waals surface area contributed by atoms with Crippen molar-refractivity contribution >= 4 is 6.03 Å². The van der Waals surface area contributed by atoms with Crippen LogP contribution in [0.1, 0.15) is 16.7 Å². The first-order valence-electron chi connectivity index (χ1n) is 8.66. The van der Waals surface area contributed by atoms with E-state index in [0.717, 1.165) is 22.4 Å². The SMILES string of the molecule is COc1cccc(CN(C)C(=O)NCc2ccc(Cn3cncn3)cc2)c1. The summed E-state index contributed by atoms with van der Waals surface area (Å²) < 4.78 is 6.98. The number of hydrogen-bond acceptors (Lipinski definition) is 4. The standard InChI is InChI=1S/C20H23N5O2/c1-24(12-18-4-3-5-19(10-18)27-2)20(26)22-11-16-6-8-17(9-7-16)13-25-15-21-14-23-25/h3-10,14-15H,11-13H2,1-2H3,(H,22,26). The summed E-state index contributed by atoms with van der Waals surface area (Å²) in [6, 6.07) is 15.7. The van der Waals surface area contributed by atoms with E-state index in [1.807, 2.05) is 48.5 Å². The van der Waals surface area contributed by atoms with Crippen LogP contribution < -0.4 is 10.1 Å². The summed E-state index contributed by atoms with van der Waals surface area (Å²) in [4.78, 5) is 17.9. The number of urea groups is 1. The lowest BCUT2D eigenvalue weighted by Gasteiger charge is -2.18. The van der Waals surface area contributed by atoms with Gasteiger partial charge in [-0.2, -0.15) is 5.10 Å². The van der Waals surface area contributed by atoms with Crippen molar-refractivity contribution in [2.24, 2.45) is 0 Å². The second kappa shape index (κ2) is 8.84. The molecule has 2 aromatic carbocycles. The second-order valence-electron chi connectivity index (χ2n) is 6.28. The van der Waals surface area contributed by atoms with Crippen molar-refractivity contribution in [3.05, 3.63) is 77.9 Å². The molecule has 140 valence electrons. The van der Waals surface area contributed by atoms with Crippen LogP contribution in [0.15, 0.2) is 61.2 Å². The van der Waals surface area contributed by atoms with Crippen molar-refractivity contribution in [3.63, 3.8) is 0 Å². The fraction of sp³-hybridized carbons (Fsp3) is 0.250. The van der Waals surface area contributed by atoms with Crippen molar-refractivity contribution in [1.29, 1.82) is 0 Å². The van der Waals surface area contributed by atoms with Gasteiger partial charge in [-0.3, -0.25) is 0 Å². The van der Waals surface area contributed by atoms with E-state index < -0.39 is 0 Å². The molecule has 1 heterocycles. The molecule has 0 saturated heterocycles. The monoisotopic (exact) mass is 365 g/mol. The van der Waals surface area contributed by atoms with Gasteiger partial charge in [-0.25, -0.2) is 14.5 Å². The van der Waals surface area contributed by atoms with Crippen LogP contribution in [0.4, 0.5) is 4.79 Å². The van der Waals surface area contributed by atoms with Gasteiger partial charge in [-0.15, -0.1) is 0 Å². The molecule has 1 N–H and O–H groups in total. The van der Waals surface area contributed by atoms with Crippen molar-refractivity contribution in [2.75, 3.05) is 14.2 Å². The van der Waals surface area contributed by atoms with Gasteiger partial charge in [0.05, 0.1) is 13.7 Å². The summed E-state index contributed by atoms with van der Waals surface area (Å²) in [7, 11) is 3.41. The number of benzene rings is 2. The summed E-state index contributed by atoms with van der Waals surface area (Å²) in [6.45, 7) is 1.67. The number of nitrogens with zero attached hydrogens (tertiary/aromatic N) is 4. The molecule has 27 heavy (non-hydrogen) atoms. The third kappa shape index (κ3) is 5.31.